The highest BCUT2D eigenvalue weighted by atomic mass is 32.2. The second-order valence-corrected chi connectivity index (χ2v) is 8.03. The number of Topliss-reactive ketones (excluding diaryl/α,β-unsaturated/α-hetero) is 1. The fourth-order valence-electron chi connectivity index (χ4n) is 2.36. The van der Waals surface area contributed by atoms with Crippen LogP contribution >= 0.6 is 0 Å². The van der Waals surface area contributed by atoms with Gasteiger partial charge in [-0.1, -0.05) is 6.07 Å². The average molecular weight is 391 g/mol. The van der Waals surface area contributed by atoms with Gasteiger partial charge in [0, 0.05) is 19.7 Å². The highest BCUT2D eigenvalue weighted by Gasteiger charge is 2.20. The predicted octanol–water partition coefficient (Wildman–Crippen LogP) is 1.71. The molecule has 0 saturated carbocycles. The van der Waals surface area contributed by atoms with Crippen molar-refractivity contribution >= 4 is 21.8 Å². The Morgan fingerprint density at radius 2 is 1.78 bits per heavy atom. The lowest BCUT2D eigenvalue weighted by Crippen LogP contribution is -2.22. The van der Waals surface area contributed by atoms with Gasteiger partial charge in [-0.2, -0.15) is 0 Å². The Bertz CT molecular complexity index is 999. The van der Waals surface area contributed by atoms with Gasteiger partial charge in [-0.25, -0.2) is 17.5 Å². The monoisotopic (exact) mass is 391 g/mol. The second kappa shape index (κ2) is 7.37. The topological polar surface area (TPSA) is 99.2 Å². The van der Waals surface area contributed by atoms with Gasteiger partial charge >= 0.3 is 5.97 Å². The molecular weight excluding hydrogens is 374 g/mol. The third-order valence-corrected chi connectivity index (χ3v) is 5.69. The molecule has 2 aromatic carbocycles. The third kappa shape index (κ3) is 3.93. The number of rotatable bonds is 6. The van der Waals surface area contributed by atoms with Crippen LogP contribution in [-0.4, -0.2) is 52.0 Å². The van der Waals surface area contributed by atoms with E-state index in [1.165, 1.54) is 44.4 Å². The van der Waals surface area contributed by atoms with Crippen LogP contribution in [0.25, 0.3) is 0 Å². The second-order valence-electron chi connectivity index (χ2n) is 5.88. The van der Waals surface area contributed by atoms with Crippen LogP contribution in [0.2, 0.25) is 0 Å². The van der Waals surface area contributed by atoms with E-state index in [-0.39, 0.29) is 17.3 Å². The molecule has 0 amide bonds. The summed E-state index contributed by atoms with van der Waals surface area (Å²) in [7, 11) is -0.894. The summed E-state index contributed by atoms with van der Waals surface area (Å²) < 4.78 is 40.7. The Morgan fingerprint density at radius 1 is 1.04 bits per heavy atom. The first-order chi connectivity index (χ1) is 12.8. The number of ketones is 1. The predicted molar refractivity (Wildman–Crippen MR) is 94.5 cm³/mol. The minimum Gasteiger partial charge on any atom is -0.454 e. The summed E-state index contributed by atoms with van der Waals surface area (Å²) >= 11 is 0. The number of hydrogen-bond donors (Lipinski definition) is 0. The minimum absolute atomic E-state index is 0.0379. The molecular formula is C18H17NO7S. The highest BCUT2D eigenvalue weighted by Crippen LogP contribution is 2.32. The van der Waals surface area contributed by atoms with Crippen molar-refractivity contribution in [3.8, 4) is 11.5 Å². The van der Waals surface area contributed by atoms with Gasteiger partial charge in [0.1, 0.15) is 0 Å². The van der Waals surface area contributed by atoms with Crippen LogP contribution in [-0.2, 0) is 14.8 Å². The highest BCUT2D eigenvalue weighted by molar-refractivity contribution is 7.89. The molecule has 9 heteroatoms. The van der Waals surface area contributed by atoms with E-state index in [0.29, 0.717) is 17.1 Å². The fourth-order valence-corrected chi connectivity index (χ4v) is 3.31. The van der Waals surface area contributed by atoms with E-state index in [9.17, 15) is 18.0 Å². The lowest BCUT2D eigenvalue weighted by Gasteiger charge is -2.12. The molecule has 0 radical (unpaired) electrons. The smallest absolute Gasteiger partial charge is 0.338 e. The van der Waals surface area contributed by atoms with Gasteiger partial charge in [0.2, 0.25) is 16.8 Å². The molecule has 0 fully saturated rings. The summed E-state index contributed by atoms with van der Waals surface area (Å²) in [6, 6.07) is 10.1. The molecule has 1 heterocycles. The van der Waals surface area contributed by atoms with Gasteiger partial charge in [0.05, 0.1) is 10.5 Å². The van der Waals surface area contributed by atoms with Gasteiger partial charge in [0.25, 0.3) is 0 Å². The number of hydrogen-bond acceptors (Lipinski definition) is 7. The van der Waals surface area contributed by atoms with Gasteiger partial charge in [0.15, 0.2) is 23.9 Å². The Labute approximate surface area is 156 Å². The van der Waals surface area contributed by atoms with Gasteiger partial charge in [-0.15, -0.1) is 0 Å². The van der Waals surface area contributed by atoms with Crippen LogP contribution in [0.15, 0.2) is 47.4 Å². The van der Waals surface area contributed by atoms with E-state index in [0.717, 1.165) is 4.31 Å². The molecule has 1 aliphatic heterocycles. The van der Waals surface area contributed by atoms with Crippen LogP contribution < -0.4 is 9.47 Å². The molecule has 3 rings (SSSR count). The summed E-state index contributed by atoms with van der Waals surface area (Å²) in [6.45, 7) is -0.392. The van der Waals surface area contributed by atoms with Crippen LogP contribution in [0.1, 0.15) is 20.7 Å². The summed E-state index contributed by atoms with van der Waals surface area (Å²) in [6.07, 6.45) is 0. The molecule has 0 saturated heterocycles. The maximum Gasteiger partial charge on any atom is 0.338 e. The van der Waals surface area contributed by atoms with Crippen molar-refractivity contribution in [3.05, 3.63) is 53.6 Å². The zero-order chi connectivity index (χ0) is 19.6. The molecule has 0 atom stereocenters. The van der Waals surface area contributed by atoms with Gasteiger partial charge in [-0.05, 0) is 36.4 Å². The zero-order valence-corrected chi connectivity index (χ0v) is 15.5. The van der Waals surface area contributed by atoms with E-state index in [4.69, 9.17) is 14.2 Å². The van der Waals surface area contributed by atoms with Crippen molar-refractivity contribution in [2.24, 2.45) is 0 Å². The molecule has 0 bridgehead atoms. The largest absolute Gasteiger partial charge is 0.454 e. The van der Waals surface area contributed by atoms with Crippen molar-refractivity contribution < 1.29 is 32.2 Å². The Morgan fingerprint density at radius 3 is 2.52 bits per heavy atom. The molecule has 2 aromatic rings. The Balaban J connectivity index is 1.68. The molecule has 8 nitrogen and oxygen atoms in total. The maximum atomic E-state index is 12.2. The molecule has 0 aromatic heterocycles. The molecule has 0 N–H and O–H groups in total. The minimum atomic E-state index is -3.68. The number of benzene rings is 2. The number of carbonyl (C=O) groups excluding carboxylic acids is 2. The standard InChI is InChI=1S/C18H17NO7S/c1-19(2)27(22,23)14-5-3-4-13(8-14)18(21)24-10-15(20)12-6-7-16-17(9-12)26-11-25-16/h3-9H,10-11H2,1-2H3. The SMILES string of the molecule is CN(C)S(=O)(=O)c1cccc(C(=O)OCC(=O)c2ccc3c(c2)OCO3)c1. The number of esters is 1. The van der Waals surface area contributed by atoms with Crippen LogP contribution in [0, 0.1) is 0 Å². The number of nitrogens with zero attached hydrogens (tertiary/aromatic N) is 1. The number of fused-ring (bicyclic) bond motifs is 1. The molecule has 1 aliphatic rings. The van der Waals surface area contributed by atoms with E-state index in [2.05, 4.69) is 0 Å². The van der Waals surface area contributed by atoms with E-state index in [1.54, 1.807) is 12.1 Å². The quantitative estimate of drug-likeness (QED) is 0.546. The number of sulfonamides is 1. The van der Waals surface area contributed by atoms with Crippen LogP contribution in [0.5, 0.6) is 11.5 Å². The van der Waals surface area contributed by atoms with Crippen molar-refractivity contribution in [2.75, 3.05) is 27.5 Å². The van der Waals surface area contributed by atoms with E-state index < -0.39 is 28.4 Å². The van der Waals surface area contributed by atoms with Crippen molar-refractivity contribution in [2.45, 2.75) is 4.90 Å². The first-order valence-corrected chi connectivity index (χ1v) is 9.35. The summed E-state index contributed by atoms with van der Waals surface area (Å²) in [4.78, 5) is 24.4. The summed E-state index contributed by atoms with van der Waals surface area (Å²) in [5.41, 5.74) is 0.354. The number of carbonyl (C=O) groups is 2. The van der Waals surface area contributed by atoms with Crippen LogP contribution in [0.4, 0.5) is 0 Å². The molecule has 0 aliphatic carbocycles. The lowest BCUT2D eigenvalue weighted by molar-refractivity contribution is 0.0474. The molecule has 142 valence electrons. The summed E-state index contributed by atoms with van der Waals surface area (Å²) in [5, 5.41) is 0. The Kier molecular flexibility index (Phi) is 5.15. The molecule has 0 unspecified atom stereocenters. The Hall–Kier alpha value is -2.91. The zero-order valence-electron chi connectivity index (χ0n) is 14.7. The first kappa shape index (κ1) is 18.9. The third-order valence-electron chi connectivity index (χ3n) is 3.88. The van der Waals surface area contributed by atoms with Gasteiger partial charge in [-0.3, -0.25) is 4.79 Å². The van der Waals surface area contributed by atoms with E-state index in [1.807, 2.05) is 0 Å². The maximum absolute atomic E-state index is 12.2. The fraction of sp³-hybridized carbons (Fsp3) is 0.222. The van der Waals surface area contributed by atoms with Gasteiger partial charge < -0.3 is 14.2 Å². The van der Waals surface area contributed by atoms with Crippen molar-refractivity contribution in [1.82, 2.24) is 4.31 Å². The average Bonchev–Trinajstić information content (AvgIpc) is 3.13. The summed E-state index contributed by atoms with van der Waals surface area (Å²) in [5.74, 6) is -0.213. The number of ether oxygens (including phenoxy) is 3. The van der Waals surface area contributed by atoms with Crippen LogP contribution in [0.3, 0.4) is 0 Å². The molecule has 0 spiro atoms. The normalized spacial score (nSPS) is 12.9. The van der Waals surface area contributed by atoms with E-state index >= 15 is 0 Å². The first-order valence-electron chi connectivity index (χ1n) is 7.91. The lowest BCUT2D eigenvalue weighted by atomic mass is 10.1. The van der Waals surface area contributed by atoms with Crippen molar-refractivity contribution in [1.29, 1.82) is 0 Å². The van der Waals surface area contributed by atoms with Crippen molar-refractivity contribution in [3.63, 3.8) is 0 Å². The molecule has 27 heavy (non-hydrogen) atoms.